The molecule has 0 bridgehead atoms. The Hall–Kier alpha value is -11.1. The van der Waals surface area contributed by atoms with Crippen molar-refractivity contribution in [2.24, 2.45) is 0 Å². The van der Waals surface area contributed by atoms with Gasteiger partial charge in [0, 0.05) is 80.8 Å². The molecule has 4 aromatic carbocycles. The van der Waals surface area contributed by atoms with Crippen LogP contribution in [-0.4, -0.2) is 136 Å². The van der Waals surface area contributed by atoms with E-state index in [1.165, 1.54) is 54.2 Å². The number of nitrogens with one attached hydrogen (secondary N) is 4. The van der Waals surface area contributed by atoms with Gasteiger partial charge in [-0.3, -0.25) is 19.2 Å². The largest absolute Gasteiger partial charge is 0.495 e. The van der Waals surface area contributed by atoms with Crippen LogP contribution in [0.25, 0.3) is 0 Å². The summed E-state index contributed by atoms with van der Waals surface area (Å²) in [6, 6.07) is 36.8. The summed E-state index contributed by atoms with van der Waals surface area (Å²) in [7, 11) is 6.19. The molecule has 4 aliphatic heterocycles. The van der Waals surface area contributed by atoms with Gasteiger partial charge in [-0.1, -0.05) is 24.3 Å². The zero-order chi connectivity index (χ0) is 70.1. The normalized spacial score (nSPS) is 13.5. The van der Waals surface area contributed by atoms with E-state index in [0.29, 0.717) is 96.4 Å². The topological polar surface area (TPSA) is 293 Å². The summed E-state index contributed by atoms with van der Waals surface area (Å²) in [4.78, 5) is 95.8. The third-order valence-electron chi connectivity index (χ3n) is 15.9. The lowest BCUT2D eigenvalue weighted by atomic mass is 9.98. The Morgan fingerprint density at radius 2 is 0.827 bits per heavy atom. The second kappa shape index (κ2) is 32.5. The number of benzene rings is 4. The van der Waals surface area contributed by atoms with Gasteiger partial charge in [0.05, 0.1) is 52.6 Å². The minimum atomic E-state index is -0.529. The van der Waals surface area contributed by atoms with Crippen LogP contribution in [0.3, 0.4) is 0 Å². The maximum absolute atomic E-state index is 12.9. The third-order valence-corrected chi connectivity index (χ3v) is 15.9. The molecule has 512 valence electrons. The van der Waals surface area contributed by atoms with Crippen molar-refractivity contribution >= 4 is 58.6 Å². The number of hydrogen-bond acceptors (Lipinski definition) is 18. The Morgan fingerprint density at radius 1 is 0.429 bits per heavy atom. The zero-order valence-corrected chi connectivity index (χ0v) is 56.9. The molecule has 0 saturated heterocycles. The van der Waals surface area contributed by atoms with Gasteiger partial charge in [0.15, 0.2) is 0 Å². The van der Waals surface area contributed by atoms with E-state index in [0.717, 1.165) is 72.4 Å². The molecule has 4 aromatic heterocycles. The number of nitrogen functional groups attached to an aromatic ring is 1. The number of anilines is 4. The summed E-state index contributed by atoms with van der Waals surface area (Å²) in [6.07, 6.45) is 8.87. The molecule has 24 nitrogen and oxygen atoms in total. The lowest BCUT2D eigenvalue weighted by Gasteiger charge is -2.31. The van der Waals surface area contributed by atoms with Gasteiger partial charge in [0.2, 0.25) is 5.88 Å². The van der Waals surface area contributed by atoms with Gasteiger partial charge in [-0.2, -0.15) is 0 Å². The van der Waals surface area contributed by atoms with Crippen molar-refractivity contribution < 1.29 is 57.2 Å². The number of rotatable bonds is 11. The summed E-state index contributed by atoms with van der Waals surface area (Å²) in [6.45, 7) is 16.5. The minimum Gasteiger partial charge on any atom is -0.495 e. The van der Waals surface area contributed by atoms with E-state index in [4.69, 9.17) is 34.2 Å². The maximum atomic E-state index is 12.9. The molecule has 0 radical (unpaired) electrons. The fraction of sp³-hybridized carbons (Fsp3) is 0.324. The summed E-state index contributed by atoms with van der Waals surface area (Å²) < 4.78 is 31.0. The molecular weight excluding hydrogens is 1250 g/mol. The molecule has 8 heterocycles. The predicted octanol–water partition coefficient (Wildman–Crippen LogP) is 11.1. The molecule has 0 saturated carbocycles. The van der Waals surface area contributed by atoms with Crippen LogP contribution in [0.2, 0.25) is 0 Å². The molecule has 98 heavy (non-hydrogen) atoms. The molecule has 8 aromatic rings. The van der Waals surface area contributed by atoms with Crippen LogP contribution in [0, 0.1) is 0 Å². The smallest absolute Gasteiger partial charge is 0.410 e. The quantitative estimate of drug-likeness (QED) is 0.0752. The van der Waals surface area contributed by atoms with Crippen LogP contribution in [0.5, 0.6) is 23.1 Å². The highest BCUT2D eigenvalue weighted by Gasteiger charge is 2.29. The monoisotopic (exact) mass is 1330 g/mol. The van der Waals surface area contributed by atoms with Crippen molar-refractivity contribution in [1.82, 2.24) is 40.0 Å². The van der Waals surface area contributed by atoms with Crippen molar-refractivity contribution in [1.29, 1.82) is 0 Å². The van der Waals surface area contributed by atoms with Crippen LogP contribution >= 0.6 is 0 Å². The standard InChI is InChI=1S/C23H22N4O4.C21H25N3O4.C16H17N3O2.C14H20N2O2/c1-30-19-6-7-20(24-13-19)22(28)26-18-5-3-15-9-10-27(14-17(15)11-18)23(29)16-4-8-21(31-2)25-12-16;1-21(2,3)28-20(26)24-10-9-14-5-6-16(11-15(14)13-24)23-19(25)18-8-7-17(27-4)12-22-18;1-21-14-4-5-15(18-10-14)16(20)19-13-3-2-11-6-7-17-9-12(11)8-13;1-14(2,3)18-13(17)16-7-6-10-4-5-12(15)8-11(10)9-16/h3-8,11-13H,9-10,14H2,1-2H3,(H,26,28);5-8,11-12H,9-10,13H2,1-4H3,(H,23,25);2-5,8,10,17H,6-7,9H2,1H3,(H,19,20);4-5,8H,6-7,9,15H2,1-3H3. The second-order valence-corrected chi connectivity index (χ2v) is 25.4. The second-order valence-electron chi connectivity index (χ2n) is 25.4. The Balaban J connectivity index is 0.000000156. The first-order valence-electron chi connectivity index (χ1n) is 32.1. The highest BCUT2D eigenvalue weighted by molar-refractivity contribution is 6.04. The summed E-state index contributed by atoms with van der Waals surface area (Å²) in [5.41, 5.74) is 18.4. The highest BCUT2D eigenvalue weighted by Crippen LogP contribution is 2.29. The average molecular weight is 1330 g/mol. The number of nitrogens with zero attached hydrogens (tertiary/aromatic N) is 7. The first-order chi connectivity index (χ1) is 46.9. The van der Waals surface area contributed by atoms with Crippen molar-refractivity contribution in [3.8, 4) is 23.1 Å². The van der Waals surface area contributed by atoms with Crippen molar-refractivity contribution in [2.75, 3.05) is 76.3 Å². The highest BCUT2D eigenvalue weighted by atomic mass is 16.6. The number of carbonyl (C=O) groups excluding carboxylic acids is 6. The number of nitrogens with two attached hydrogens (primary N) is 1. The number of hydrogen-bond donors (Lipinski definition) is 5. The molecule has 0 unspecified atom stereocenters. The summed E-state index contributed by atoms with van der Waals surface area (Å²) in [5.74, 6) is 1.35. The Kier molecular flexibility index (Phi) is 23.6. The summed E-state index contributed by atoms with van der Waals surface area (Å²) in [5, 5.41) is 11.9. The fourth-order valence-electron chi connectivity index (χ4n) is 10.8. The number of amides is 6. The molecule has 0 aliphatic carbocycles. The lowest BCUT2D eigenvalue weighted by Crippen LogP contribution is -2.39. The molecule has 0 fully saturated rings. The molecular formula is C74H84N12O12. The fourth-order valence-corrected chi connectivity index (χ4v) is 10.8. The minimum absolute atomic E-state index is 0.0855. The molecule has 4 aliphatic rings. The number of fused-ring (bicyclic) bond motifs is 4. The van der Waals surface area contributed by atoms with Gasteiger partial charge in [-0.05, 0) is 209 Å². The van der Waals surface area contributed by atoms with E-state index in [2.05, 4.69) is 47.3 Å². The van der Waals surface area contributed by atoms with E-state index in [-0.39, 0.29) is 35.8 Å². The van der Waals surface area contributed by atoms with Gasteiger partial charge in [0.1, 0.15) is 45.5 Å². The number of carbonyl (C=O) groups is 6. The van der Waals surface area contributed by atoms with Gasteiger partial charge in [0.25, 0.3) is 23.6 Å². The molecule has 6 N–H and O–H groups in total. The van der Waals surface area contributed by atoms with Gasteiger partial charge >= 0.3 is 12.2 Å². The molecule has 0 spiro atoms. The van der Waals surface area contributed by atoms with Gasteiger partial charge < -0.3 is 70.1 Å². The lowest BCUT2D eigenvalue weighted by molar-refractivity contribution is 0.0214. The molecule has 24 heteroatoms. The molecule has 12 rings (SSSR count). The van der Waals surface area contributed by atoms with Crippen LogP contribution in [0.15, 0.2) is 146 Å². The first kappa shape index (κ1) is 71.2. The van der Waals surface area contributed by atoms with Crippen LogP contribution in [-0.2, 0) is 61.3 Å². The van der Waals surface area contributed by atoms with Crippen LogP contribution < -0.4 is 45.9 Å². The predicted molar refractivity (Wildman–Crippen MR) is 372 cm³/mol. The maximum Gasteiger partial charge on any atom is 0.410 e. The van der Waals surface area contributed by atoms with E-state index in [1.54, 1.807) is 84.6 Å². The van der Waals surface area contributed by atoms with Crippen LogP contribution in [0.4, 0.5) is 32.3 Å². The van der Waals surface area contributed by atoms with Crippen LogP contribution in [0.1, 0.15) is 128 Å². The Bertz CT molecular complexity index is 4120. The number of methoxy groups -OCH3 is 4. The zero-order valence-electron chi connectivity index (χ0n) is 56.9. The number of pyridine rings is 4. The summed E-state index contributed by atoms with van der Waals surface area (Å²) >= 11 is 0. The van der Waals surface area contributed by atoms with Gasteiger partial charge in [-0.15, -0.1) is 0 Å². The Labute approximate surface area is 570 Å². The van der Waals surface area contributed by atoms with E-state index in [1.807, 2.05) is 108 Å². The van der Waals surface area contributed by atoms with Crippen molar-refractivity contribution in [3.05, 3.63) is 213 Å². The first-order valence-corrected chi connectivity index (χ1v) is 32.1. The SMILES string of the molecule is CC(C)(C)OC(=O)N1CCc2ccc(N)cc2C1.COc1ccc(C(=O)Nc2ccc3c(c2)CN(C(=O)OC(C)(C)C)CC3)nc1.COc1ccc(C(=O)Nc2ccc3c(c2)CN(C(=O)c2ccc(OC)nc2)CC3)nc1.COc1ccc(C(=O)Nc2ccc3c(c2)CNCC3)nc1. The average Bonchev–Trinajstić information content (AvgIpc) is 0.821. The molecule has 0 atom stereocenters. The van der Waals surface area contributed by atoms with E-state index < -0.39 is 11.2 Å². The van der Waals surface area contributed by atoms with E-state index >= 15 is 0 Å². The van der Waals surface area contributed by atoms with E-state index in [9.17, 15) is 28.8 Å². The number of ether oxygens (including phenoxy) is 6. The molecule has 6 amide bonds. The van der Waals surface area contributed by atoms with Gasteiger partial charge in [-0.25, -0.2) is 29.5 Å². The van der Waals surface area contributed by atoms with Crippen molar-refractivity contribution in [2.45, 2.75) is 105 Å². The van der Waals surface area contributed by atoms with Crippen molar-refractivity contribution in [3.63, 3.8) is 0 Å². The Morgan fingerprint density at radius 3 is 1.21 bits per heavy atom. The third kappa shape index (κ3) is 20.0. The number of aromatic nitrogens is 4.